The van der Waals surface area contributed by atoms with Crippen LogP contribution in [0.15, 0.2) is 53.7 Å². The predicted molar refractivity (Wildman–Crippen MR) is 120 cm³/mol. The summed E-state index contributed by atoms with van der Waals surface area (Å²) < 4.78 is 69.9. The number of nitrogens with zero attached hydrogens (tertiary/aromatic N) is 5. The number of alkyl halides is 3. The molecular formula is C23H20F5N5O2S. The Morgan fingerprint density at radius 1 is 1.08 bits per heavy atom. The van der Waals surface area contributed by atoms with Crippen LogP contribution < -0.4 is 0 Å². The Labute approximate surface area is 206 Å². The number of halogens is 5. The molecule has 2 atom stereocenters. The zero-order valence-corrected chi connectivity index (χ0v) is 19.9. The van der Waals surface area contributed by atoms with Crippen LogP contribution in [-0.2, 0) is 5.75 Å². The molecule has 1 fully saturated rings. The number of thioether (sulfide) groups is 1. The zero-order valence-electron chi connectivity index (χ0n) is 19.0. The Morgan fingerprint density at radius 2 is 1.75 bits per heavy atom. The van der Waals surface area contributed by atoms with E-state index < -0.39 is 41.7 Å². The van der Waals surface area contributed by atoms with Crippen molar-refractivity contribution in [1.29, 1.82) is 0 Å². The first-order valence-electron chi connectivity index (χ1n) is 10.7. The van der Waals surface area contributed by atoms with Crippen molar-refractivity contribution in [2.45, 2.75) is 29.0 Å². The van der Waals surface area contributed by atoms with Crippen LogP contribution in [0.4, 0.5) is 26.7 Å². The van der Waals surface area contributed by atoms with Gasteiger partial charge < -0.3 is 9.80 Å². The molecule has 13 heteroatoms. The van der Waals surface area contributed by atoms with Crippen molar-refractivity contribution in [2.24, 2.45) is 0 Å². The molecule has 0 saturated carbocycles. The van der Waals surface area contributed by atoms with Crippen LogP contribution in [-0.4, -0.2) is 69.4 Å². The van der Waals surface area contributed by atoms with Gasteiger partial charge in [-0.15, -0.1) is 5.10 Å². The van der Waals surface area contributed by atoms with Gasteiger partial charge in [-0.2, -0.15) is 17.9 Å². The minimum Gasteiger partial charge on any atom is -0.331 e. The van der Waals surface area contributed by atoms with Crippen LogP contribution in [0, 0.1) is 11.6 Å². The summed E-state index contributed by atoms with van der Waals surface area (Å²) in [6, 6.07) is 7.66. The predicted octanol–water partition coefficient (Wildman–Crippen LogP) is 4.55. The number of amides is 2. The normalized spacial score (nSPS) is 17.6. The third-order valence-corrected chi connectivity index (χ3v) is 6.58. The number of aromatic nitrogens is 3. The van der Waals surface area contributed by atoms with Gasteiger partial charge in [0.15, 0.2) is 11.0 Å². The molecular weight excluding hydrogens is 505 g/mol. The van der Waals surface area contributed by atoms with Crippen molar-refractivity contribution in [3.63, 3.8) is 0 Å². The van der Waals surface area contributed by atoms with Crippen LogP contribution in [0.25, 0.3) is 0 Å². The Morgan fingerprint density at radius 3 is 2.36 bits per heavy atom. The molecule has 2 heterocycles. The van der Waals surface area contributed by atoms with Crippen molar-refractivity contribution < 1.29 is 31.5 Å². The van der Waals surface area contributed by atoms with E-state index in [9.17, 15) is 31.5 Å². The average Bonchev–Trinajstić information content (AvgIpc) is 3.20. The van der Waals surface area contributed by atoms with Crippen molar-refractivity contribution in [2.75, 3.05) is 20.6 Å². The van der Waals surface area contributed by atoms with Gasteiger partial charge in [-0.1, -0.05) is 36.0 Å². The lowest BCUT2D eigenvalue weighted by Crippen LogP contribution is -2.65. The summed E-state index contributed by atoms with van der Waals surface area (Å²) in [7, 11) is 2.68. The monoisotopic (exact) mass is 525 g/mol. The molecule has 0 bridgehead atoms. The molecule has 3 aromatic rings. The second-order valence-electron chi connectivity index (χ2n) is 8.29. The van der Waals surface area contributed by atoms with E-state index in [1.54, 1.807) is 0 Å². The van der Waals surface area contributed by atoms with Crippen molar-refractivity contribution in [1.82, 2.24) is 24.6 Å². The van der Waals surface area contributed by atoms with E-state index in [1.807, 2.05) is 0 Å². The summed E-state index contributed by atoms with van der Waals surface area (Å²) in [4.78, 5) is 31.2. The fraction of sp³-hybridized carbons (Fsp3) is 0.304. The van der Waals surface area contributed by atoms with Gasteiger partial charge in [0, 0.05) is 26.4 Å². The van der Waals surface area contributed by atoms with Crippen molar-refractivity contribution >= 4 is 23.7 Å². The van der Waals surface area contributed by atoms with E-state index in [1.165, 1.54) is 56.6 Å². The number of carbonyl (C=O) groups excluding carboxylic acids is 2. The number of carbonyl (C=O) groups is 2. The number of likely N-dealkylation sites (tertiary alicyclic amines) is 1. The topological polar surface area (TPSA) is 71.3 Å². The van der Waals surface area contributed by atoms with Crippen LogP contribution in [0.1, 0.15) is 27.7 Å². The van der Waals surface area contributed by atoms with Crippen LogP contribution in [0.3, 0.4) is 0 Å². The summed E-state index contributed by atoms with van der Waals surface area (Å²) in [6.07, 6.45) is -4.77. The van der Waals surface area contributed by atoms with Crippen LogP contribution in [0.5, 0.6) is 0 Å². The van der Waals surface area contributed by atoms with Gasteiger partial charge in [-0.05, 0) is 29.8 Å². The summed E-state index contributed by atoms with van der Waals surface area (Å²) >= 11 is 0.982. The van der Waals surface area contributed by atoms with E-state index >= 15 is 0 Å². The first-order valence-corrected chi connectivity index (χ1v) is 11.6. The summed E-state index contributed by atoms with van der Waals surface area (Å²) in [6.45, 7) is -0.304. The van der Waals surface area contributed by atoms with E-state index in [2.05, 4.69) is 10.1 Å². The quantitative estimate of drug-likeness (QED) is 0.361. The molecule has 190 valence electrons. The second kappa shape index (κ2) is 9.88. The highest BCUT2D eigenvalue weighted by molar-refractivity contribution is 7.98. The molecule has 7 nitrogen and oxygen atoms in total. The molecule has 0 N–H and O–H groups in total. The number of urea groups is 1. The van der Waals surface area contributed by atoms with Gasteiger partial charge in [0.25, 0.3) is 5.91 Å². The van der Waals surface area contributed by atoms with E-state index in [0.717, 1.165) is 27.4 Å². The minimum absolute atomic E-state index is 0.0547. The molecule has 0 aliphatic carbocycles. The SMILES string of the molecule is CN(C)C(=O)N1CC(c2nc(SCc3ccc(F)cc3)n(C(=O)c3ccccc3F)n2)C1C(F)(F)F. The molecule has 1 aromatic heterocycles. The smallest absolute Gasteiger partial charge is 0.331 e. The Kier molecular flexibility index (Phi) is 7.03. The van der Waals surface area contributed by atoms with Crippen LogP contribution in [0.2, 0.25) is 0 Å². The number of hydrogen-bond donors (Lipinski definition) is 0. The molecule has 2 amide bonds. The molecule has 1 aliphatic heterocycles. The second-order valence-corrected chi connectivity index (χ2v) is 9.23. The van der Waals surface area contributed by atoms with E-state index in [0.29, 0.717) is 10.5 Å². The molecule has 0 spiro atoms. The van der Waals surface area contributed by atoms with Gasteiger partial charge in [0.1, 0.15) is 17.7 Å². The lowest BCUT2D eigenvalue weighted by molar-refractivity contribution is -0.209. The summed E-state index contributed by atoms with van der Waals surface area (Å²) in [5.74, 6) is -3.57. The van der Waals surface area contributed by atoms with Crippen molar-refractivity contribution in [3.8, 4) is 0 Å². The Balaban J connectivity index is 1.69. The van der Waals surface area contributed by atoms with Gasteiger partial charge in [0.2, 0.25) is 0 Å². The molecule has 0 radical (unpaired) electrons. The maximum absolute atomic E-state index is 14.3. The van der Waals surface area contributed by atoms with Gasteiger partial charge in [-0.25, -0.2) is 18.6 Å². The highest BCUT2D eigenvalue weighted by Crippen LogP contribution is 2.43. The number of rotatable bonds is 5. The van der Waals surface area contributed by atoms with Gasteiger partial charge >= 0.3 is 12.2 Å². The third kappa shape index (κ3) is 5.06. The maximum atomic E-state index is 14.3. The first-order chi connectivity index (χ1) is 17.0. The lowest BCUT2D eigenvalue weighted by Gasteiger charge is -2.47. The lowest BCUT2D eigenvalue weighted by atomic mass is 9.87. The zero-order chi connectivity index (χ0) is 26.2. The Hall–Kier alpha value is -3.48. The fourth-order valence-corrected chi connectivity index (χ4v) is 4.65. The van der Waals surface area contributed by atoms with Gasteiger partial charge in [0.05, 0.1) is 11.5 Å². The number of benzene rings is 2. The first kappa shape index (κ1) is 25.6. The molecule has 1 saturated heterocycles. The summed E-state index contributed by atoms with van der Waals surface area (Å²) in [5, 5.41) is 3.98. The number of hydrogen-bond acceptors (Lipinski definition) is 5. The fourth-order valence-electron chi connectivity index (χ4n) is 3.76. The van der Waals surface area contributed by atoms with Crippen LogP contribution >= 0.6 is 11.8 Å². The largest absolute Gasteiger partial charge is 0.409 e. The highest BCUT2D eigenvalue weighted by Gasteiger charge is 2.59. The molecule has 2 aromatic carbocycles. The molecule has 1 aliphatic rings. The Bertz CT molecular complexity index is 1280. The maximum Gasteiger partial charge on any atom is 0.409 e. The third-order valence-electron chi connectivity index (χ3n) is 5.58. The molecule has 2 unspecified atom stereocenters. The highest BCUT2D eigenvalue weighted by atomic mass is 32.2. The summed E-state index contributed by atoms with van der Waals surface area (Å²) in [5.41, 5.74) is 0.332. The van der Waals surface area contributed by atoms with Crippen molar-refractivity contribution in [3.05, 3.63) is 77.1 Å². The van der Waals surface area contributed by atoms with E-state index in [4.69, 9.17) is 0 Å². The molecule has 4 rings (SSSR count). The van der Waals surface area contributed by atoms with Gasteiger partial charge in [-0.3, -0.25) is 4.79 Å². The minimum atomic E-state index is -4.77. The standard InChI is InChI=1S/C23H20F5N5O2S/c1-31(2)22(35)32-11-16(18(32)23(26,27)28)19-29-21(36-12-13-7-9-14(24)10-8-13)33(30-19)20(34)15-5-3-4-6-17(15)25/h3-10,16,18H,11-12H2,1-2H3. The molecule has 36 heavy (non-hydrogen) atoms. The van der Waals surface area contributed by atoms with E-state index in [-0.39, 0.29) is 28.8 Å². The average molecular weight is 526 g/mol.